The van der Waals surface area contributed by atoms with Crippen molar-refractivity contribution in [3.05, 3.63) is 38.9 Å². The molecule has 1 aliphatic heterocycles. The minimum Gasteiger partial charge on any atom is -0.374 e. The van der Waals surface area contributed by atoms with Crippen molar-refractivity contribution in [1.29, 1.82) is 0 Å². The molecule has 112 valence electrons. The number of nitrogens with two attached hydrogens (primary N) is 1. The van der Waals surface area contributed by atoms with E-state index in [1.165, 1.54) is 6.07 Å². The van der Waals surface area contributed by atoms with Crippen LogP contribution in [0, 0.1) is 10.1 Å². The lowest BCUT2D eigenvalue weighted by molar-refractivity contribution is -0.385. The Morgan fingerprint density at radius 3 is 2.95 bits per heavy atom. The zero-order chi connectivity index (χ0) is 13.8. The number of ether oxygens (including phenoxy) is 1. The van der Waals surface area contributed by atoms with Gasteiger partial charge in [-0.15, -0.1) is 12.4 Å². The van der Waals surface area contributed by atoms with Crippen LogP contribution in [0.4, 0.5) is 5.69 Å². The molecule has 1 aliphatic rings. The van der Waals surface area contributed by atoms with Gasteiger partial charge in [0, 0.05) is 42.8 Å². The molecule has 1 saturated heterocycles. The van der Waals surface area contributed by atoms with Gasteiger partial charge in [0.25, 0.3) is 5.69 Å². The van der Waals surface area contributed by atoms with E-state index in [9.17, 15) is 10.1 Å². The van der Waals surface area contributed by atoms with E-state index < -0.39 is 4.92 Å². The highest BCUT2D eigenvalue weighted by atomic mass is 35.5. The fourth-order valence-electron chi connectivity index (χ4n) is 2.15. The van der Waals surface area contributed by atoms with Gasteiger partial charge in [0.15, 0.2) is 0 Å². The Balaban J connectivity index is 0.00000200. The molecule has 0 saturated carbocycles. The first-order valence-corrected chi connectivity index (χ1v) is 6.45. The standard InChI is InChI=1S/C12H16ClN3O3.ClH/c13-10-2-1-9(12(5-10)16(17)18)7-15-3-4-19-11(6-14)8-15;/h1-2,5,11H,3-4,6-8,14H2;1H. The molecule has 8 heteroatoms. The van der Waals surface area contributed by atoms with Gasteiger partial charge in [-0.3, -0.25) is 15.0 Å². The summed E-state index contributed by atoms with van der Waals surface area (Å²) in [5.41, 5.74) is 6.30. The summed E-state index contributed by atoms with van der Waals surface area (Å²) in [6, 6.07) is 4.76. The Morgan fingerprint density at radius 2 is 2.30 bits per heavy atom. The first-order valence-electron chi connectivity index (χ1n) is 6.07. The maximum atomic E-state index is 11.0. The van der Waals surface area contributed by atoms with Crippen molar-refractivity contribution in [2.75, 3.05) is 26.2 Å². The van der Waals surface area contributed by atoms with Gasteiger partial charge in [0.05, 0.1) is 17.6 Å². The highest BCUT2D eigenvalue weighted by Gasteiger charge is 2.22. The van der Waals surface area contributed by atoms with Crippen molar-refractivity contribution < 1.29 is 9.66 Å². The largest absolute Gasteiger partial charge is 0.374 e. The van der Waals surface area contributed by atoms with Gasteiger partial charge in [-0.05, 0) is 12.1 Å². The summed E-state index contributed by atoms with van der Waals surface area (Å²) in [4.78, 5) is 12.7. The van der Waals surface area contributed by atoms with E-state index in [-0.39, 0.29) is 24.2 Å². The van der Waals surface area contributed by atoms with Crippen LogP contribution in [0.15, 0.2) is 18.2 Å². The summed E-state index contributed by atoms with van der Waals surface area (Å²) in [5.74, 6) is 0. The zero-order valence-corrected chi connectivity index (χ0v) is 12.4. The molecular weight excluding hydrogens is 305 g/mol. The topological polar surface area (TPSA) is 81.6 Å². The zero-order valence-electron chi connectivity index (χ0n) is 10.8. The molecule has 0 amide bonds. The molecule has 2 N–H and O–H groups in total. The van der Waals surface area contributed by atoms with E-state index in [1.54, 1.807) is 12.1 Å². The normalized spacial score (nSPS) is 19.4. The van der Waals surface area contributed by atoms with E-state index in [0.717, 1.165) is 6.54 Å². The molecular formula is C12H17Cl2N3O3. The second-order valence-corrected chi connectivity index (χ2v) is 4.93. The number of halogens is 2. The Labute approximate surface area is 128 Å². The number of hydrogen-bond acceptors (Lipinski definition) is 5. The molecule has 0 aliphatic carbocycles. The maximum absolute atomic E-state index is 11.0. The van der Waals surface area contributed by atoms with Gasteiger partial charge < -0.3 is 10.5 Å². The van der Waals surface area contributed by atoms with Crippen molar-refractivity contribution in [2.24, 2.45) is 5.73 Å². The summed E-state index contributed by atoms with van der Waals surface area (Å²) in [6.07, 6.45) is 0.0000985. The van der Waals surface area contributed by atoms with Crippen molar-refractivity contribution in [2.45, 2.75) is 12.6 Å². The number of benzene rings is 1. The van der Waals surface area contributed by atoms with Crippen LogP contribution in [0.2, 0.25) is 5.02 Å². The summed E-state index contributed by atoms with van der Waals surface area (Å²) in [5, 5.41) is 11.4. The molecule has 0 aromatic heterocycles. The smallest absolute Gasteiger partial charge is 0.275 e. The fourth-order valence-corrected chi connectivity index (χ4v) is 2.31. The fraction of sp³-hybridized carbons (Fsp3) is 0.500. The van der Waals surface area contributed by atoms with E-state index in [1.807, 2.05) is 0 Å². The third-order valence-corrected chi connectivity index (χ3v) is 3.36. The lowest BCUT2D eigenvalue weighted by atomic mass is 10.1. The molecule has 1 aromatic carbocycles. The minimum atomic E-state index is -0.401. The van der Waals surface area contributed by atoms with Crippen LogP contribution in [-0.2, 0) is 11.3 Å². The number of nitro groups is 1. The molecule has 6 nitrogen and oxygen atoms in total. The lowest BCUT2D eigenvalue weighted by Gasteiger charge is -2.32. The van der Waals surface area contributed by atoms with Crippen molar-refractivity contribution >= 4 is 29.7 Å². The molecule has 1 atom stereocenters. The van der Waals surface area contributed by atoms with Crippen molar-refractivity contribution in [1.82, 2.24) is 4.90 Å². The van der Waals surface area contributed by atoms with E-state index in [0.29, 0.717) is 36.8 Å². The summed E-state index contributed by atoms with van der Waals surface area (Å²) < 4.78 is 5.47. The number of rotatable bonds is 4. The Kier molecular flexibility index (Phi) is 6.64. The summed E-state index contributed by atoms with van der Waals surface area (Å²) in [6.45, 7) is 3.00. The van der Waals surface area contributed by atoms with Gasteiger partial charge in [-0.1, -0.05) is 11.6 Å². The molecule has 2 rings (SSSR count). The van der Waals surface area contributed by atoms with E-state index in [4.69, 9.17) is 22.1 Å². The van der Waals surface area contributed by atoms with Crippen LogP contribution in [-0.4, -0.2) is 42.2 Å². The highest BCUT2D eigenvalue weighted by molar-refractivity contribution is 6.30. The van der Waals surface area contributed by atoms with Crippen LogP contribution in [0.5, 0.6) is 0 Å². The van der Waals surface area contributed by atoms with Crippen molar-refractivity contribution in [3.63, 3.8) is 0 Å². The monoisotopic (exact) mass is 321 g/mol. The van der Waals surface area contributed by atoms with Crippen LogP contribution in [0.3, 0.4) is 0 Å². The SMILES string of the molecule is Cl.NCC1CN(Cc2ccc(Cl)cc2[N+](=O)[O-])CCO1. The number of morpholine rings is 1. The maximum Gasteiger partial charge on any atom is 0.275 e. The van der Waals surface area contributed by atoms with Crippen LogP contribution >= 0.6 is 24.0 Å². The van der Waals surface area contributed by atoms with E-state index in [2.05, 4.69) is 4.90 Å². The second kappa shape index (κ2) is 7.75. The third-order valence-electron chi connectivity index (χ3n) is 3.12. The quantitative estimate of drug-likeness (QED) is 0.675. The predicted molar refractivity (Wildman–Crippen MR) is 79.4 cm³/mol. The van der Waals surface area contributed by atoms with Crippen LogP contribution in [0.25, 0.3) is 0 Å². The summed E-state index contributed by atoms with van der Waals surface area (Å²) in [7, 11) is 0. The third kappa shape index (κ3) is 4.29. The Bertz CT molecular complexity index is 473. The van der Waals surface area contributed by atoms with E-state index >= 15 is 0 Å². The van der Waals surface area contributed by atoms with Gasteiger partial charge in [-0.2, -0.15) is 0 Å². The molecule has 0 bridgehead atoms. The van der Waals surface area contributed by atoms with Gasteiger partial charge in [0.1, 0.15) is 0 Å². The number of nitrogens with zero attached hydrogens (tertiary/aromatic N) is 2. The van der Waals surface area contributed by atoms with Gasteiger partial charge >= 0.3 is 0 Å². The molecule has 1 aromatic rings. The summed E-state index contributed by atoms with van der Waals surface area (Å²) >= 11 is 5.79. The number of nitro benzene ring substituents is 1. The molecule has 20 heavy (non-hydrogen) atoms. The molecule has 0 radical (unpaired) electrons. The van der Waals surface area contributed by atoms with Crippen LogP contribution < -0.4 is 5.73 Å². The van der Waals surface area contributed by atoms with Crippen LogP contribution in [0.1, 0.15) is 5.56 Å². The van der Waals surface area contributed by atoms with Crippen molar-refractivity contribution in [3.8, 4) is 0 Å². The Hall–Kier alpha value is -0.920. The highest BCUT2D eigenvalue weighted by Crippen LogP contribution is 2.25. The average Bonchev–Trinajstić information content (AvgIpc) is 2.41. The number of hydrogen-bond donors (Lipinski definition) is 1. The lowest BCUT2D eigenvalue weighted by Crippen LogP contribution is -2.45. The molecule has 1 heterocycles. The first kappa shape index (κ1) is 17.1. The first-order chi connectivity index (χ1) is 9.10. The average molecular weight is 322 g/mol. The molecule has 1 fully saturated rings. The van der Waals surface area contributed by atoms with Gasteiger partial charge in [0.2, 0.25) is 0 Å². The van der Waals surface area contributed by atoms with Gasteiger partial charge in [-0.25, -0.2) is 0 Å². The second-order valence-electron chi connectivity index (χ2n) is 4.49. The molecule has 1 unspecified atom stereocenters. The Morgan fingerprint density at radius 1 is 1.55 bits per heavy atom. The minimum absolute atomic E-state index is 0. The predicted octanol–water partition coefficient (Wildman–Crippen LogP) is 1.83. The molecule has 0 spiro atoms.